The number of carbonyl (C=O) groups excluding carboxylic acids is 1. The first kappa shape index (κ1) is 12.0. The van der Waals surface area contributed by atoms with Crippen molar-refractivity contribution in [3.8, 4) is 0 Å². The van der Waals surface area contributed by atoms with E-state index in [1.165, 1.54) is 16.9 Å². The Balaban J connectivity index is 2.02. The molecule has 96 valence electrons. The van der Waals surface area contributed by atoms with Crippen molar-refractivity contribution in [2.24, 2.45) is 0 Å². The Hall–Kier alpha value is -2.07. The molecule has 0 unspecified atom stereocenters. The molecule has 0 spiro atoms. The van der Waals surface area contributed by atoms with Gasteiger partial charge in [0, 0.05) is 11.1 Å². The van der Waals surface area contributed by atoms with Crippen LogP contribution in [0.15, 0.2) is 35.7 Å². The SMILES string of the molecule is Cc1[nH]c2c(NC(=O)c3cccs3)cccc2c1C. The van der Waals surface area contributed by atoms with E-state index in [0.29, 0.717) is 0 Å². The Morgan fingerprint density at radius 1 is 1.21 bits per heavy atom. The molecule has 0 fully saturated rings. The van der Waals surface area contributed by atoms with Crippen molar-refractivity contribution in [2.45, 2.75) is 13.8 Å². The second-order valence-corrected chi connectivity index (χ2v) is 5.48. The smallest absolute Gasteiger partial charge is 0.265 e. The third-order valence-corrected chi connectivity index (χ3v) is 4.21. The summed E-state index contributed by atoms with van der Waals surface area (Å²) in [7, 11) is 0. The normalized spacial score (nSPS) is 10.8. The molecule has 2 aromatic heterocycles. The minimum absolute atomic E-state index is 0.0626. The Bertz CT molecular complexity index is 741. The first-order valence-corrected chi connectivity index (χ1v) is 6.97. The number of fused-ring (bicyclic) bond motifs is 1. The van der Waals surface area contributed by atoms with Gasteiger partial charge in [-0.15, -0.1) is 11.3 Å². The lowest BCUT2D eigenvalue weighted by Crippen LogP contribution is -2.10. The van der Waals surface area contributed by atoms with Crippen molar-refractivity contribution in [2.75, 3.05) is 5.32 Å². The zero-order valence-corrected chi connectivity index (χ0v) is 11.6. The van der Waals surface area contributed by atoms with E-state index in [1.54, 1.807) is 0 Å². The van der Waals surface area contributed by atoms with Crippen LogP contribution < -0.4 is 5.32 Å². The molecule has 0 bridgehead atoms. The Morgan fingerprint density at radius 3 is 2.79 bits per heavy atom. The first-order valence-electron chi connectivity index (χ1n) is 6.09. The van der Waals surface area contributed by atoms with Gasteiger partial charge in [-0.05, 0) is 36.9 Å². The molecule has 1 amide bonds. The number of hydrogen-bond acceptors (Lipinski definition) is 2. The highest BCUT2D eigenvalue weighted by Gasteiger charge is 2.11. The van der Waals surface area contributed by atoms with E-state index < -0.39 is 0 Å². The van der Waals surface area contributed by atoms with Gasteiger partial charge in [-0.25, -0.2) is 0 Å². The fourth-order valence-electron chi connectivity index (χ4n) is 2.18. The zero-order chi connectivity index (χ0) is 13.4. The van der Waals surface area contributed by atoms with Crippen LogP contribution in [-0.2, 0) is 0 Å². The molecule has 0 saturated heterocycles. The molecule has 3 nitrogen and oxygen atoms in total. The topological polar surface area (TPSA) is 44.9 Å². The molecule has 1 aromatic carbocycles. The lowest BCUT2D eigenvalue weighted by atomic mass is 10.1. The number of aromatic nitrogens is 1. The molecule has 0 aliphatic carbocycles. The summed E-state index contributed by atoms with van der Waals surface area (Å²) in [6, 6.07) is 9.65. The average Bonchev–Trinajstić information content (AvgIpc) is 3.01. The van der Waals surface area contributed by atoms with E-state index in [4.69, 9.17) is 0 Å². The van der Waals surface area contributed by atoms with Crippen LogP contribution in [0.1, 0.15) is 20.9 Å². The quantitative estimate of drug-likeness (QED) is 0.723. The monoisotopic (exact) mass is 270 g/mol. The van der Waals surface area contributed by atoms with Gasteiger partial charge in [0.05, 0.1) is 16.1 Å². The van der Waals surface area contributed by atoms with Crippen molar-refractivity contribution in [1.82, 2.24) is 4.98 Å². The first-order chi connectivity index (χ1) is 9.16. The summed E-state index contributed by atoms with van der Waals surface area (Å²) in [4.78, 5) is 16.2. The van der Waals surface area contributed by atoms with Crippen LogP contribution in [-0.4, -0.2) is 10.9 Å². The molecule has 0 radical (unpaired) electrons. The summed E-state index contributed by atoms with van der Waals surface area (Å²) in [5.41, 5.74) is 4.17. The highest BCUT2D eigenvalue weighted by Crippen LogP contribution is 2.27. The number of carbonyl (C=O) groups is 1. The Labute approximate surface area is 115 Å². The van der Waals surface area contributed by atoms with E-state index in [-0.39, 0.29) is 5.91 Å². The number of anilines is 1. The molecule has 19 heavy (non-hydrogen) atoms. The van der Waals surface area contributed by atoms with Gasteiger partial charge in [0.2, 0.25) is 0 Å². The third-order valence-electron chi connectivity index (χ3n) is 3.34. The van der Waals surface area contributed by atoms with Crippen molar-refractivity contribution < 1.29 is 4.79 Å². The number of nitrogens with one attached hydrogen (secondary N) is 2. The molecule has 3 rings (SSSR count). The Morgan fingerprint density at radius 2 is 2.05 bits per heavy atom. The van der Waals surface area contributed by atoms with Gasteiger partial charge in [-0.1, -0.05) is 18.2 Å². The molecule has 0 aliphatic rings. The van der Waals surface area contributed by atoms with Crippen LogP contribution in [0.3, 0.4) is 0 Å². The fourth-order valence-corrected chi connectivity index (χ4v) is 2.80. The second kappa shape index (κ2) is 4.55. The predicted octanol–water partition coefficient (Wildman–Crippen LogP) is 4.10. The van der Waals surface area contributed by atoms with E-state index in [9.17, 15) is 4.79 Å². The molecule has 4 heteroatoms. The van der Waals surface area contributed by atoms with Gasteiger partial charge in [0.15, 0.2) is 0 Å². The number of benzene rings is 1. The van der Waals surface area contributed by atoms with Gasteiger partial charge in [-0.2, -0.15) is 0 Å². The number of para-hydroxylation sites is 1. The number of amides is 1. The summed E-state index contributed by atoms with van der Waals surface area (Å²) in [5, 5.41) is 6.02. The second-order valence-electron chi connectivity index (χ2n) is 4.53. The van der Waals surface area contributed by atoms with Gasteiger partial charge >= 0.3 is 0 Å². The van der Waals surface area contributed by atoms with Crippen LogP contribution in [0.2, 0.25) is 0 Å². The molecular weight excluding hydrogens is 256 g/mol. The van der Waals surface area contributed by atoms with E-state index in [1.807, 2.05) is 36.6 Å². The number of H-pyrrole nitrogens is 1. The maximum Gasteiger partial charge on any atom is 0.265 e. The van der Waals surface area contributed by atoms with Crippen molar-refractivity contribution >= 4 is 33.8 Å². The van der Waals surface area contributed by atoms with E-state index >= 15 is 0 Å². The van der Waals surface area contributed by atoms with E-state index in [2.05, 4.69) is 23.3 Å². The minimum atomic E-state index is -0.0626. The maximum absolute atomic E-state index is 12.1. The van der Waals surface area contributed by atoms with Crippen LogP contribution in [0.25, 0.3) is 10.9 Å². The molecule has 2 heterocycles. The summed E-state index contributed by atoms with van der Waals surface area (Å²) in [6.45, 7) is 4.12. The fraction of sp³-hybridized carbons (Fsp3) is 0.133. The number of thiophene rings is 1. The lowest BCUT2D eigenvalue weighted by Gasteiger charge is -2.05. The van der Waals surface area contributed by atoms with Crippen LogP contribution in [0, 0.1) is 13.8 Å². The molecular formula is C15H14N2OS. The van der Waals surface area contributed by atoms with Gasteiger partial charge in [0.25, 0.3) is 5.91 Å². The number of hydrogen-bond donors (Lipinski definition) is 2. The minimum Gasteiger partial charge on any atom is -0.357 e. The molecule has 0 atom stereocenters. The average molecular weight is 270 g/mol. The molecule has 0 aliphatic heterocycles. The summed E-state index contributed by atoms with van der Waals surface area (Å²) in [5.74, 6) is -0.0626. The summed E-state index contributed by atoms with van der Waals surface area (Å²) < 4.78 is 0. The molecule has 2 N–H and O–H groups in total. The standard InChI is InChI=1S/C15H14N2OS/c1-9-10(2)16-14-11(9)5-3-6-12(14)17-15(18)13-7-4-8-19-13/h3-8,16H,1-2H3,(H,17,18). The predicted molar refractivity (Wildman–Crippen MR) is 80.0 cm³/mol. The highest BCUT2D eigenvalue weighted by atomic mass is 32.1. The van der Waals surface area contributed by atoms with Crippen LogP contribution in [0.5, 0.6) is 0 Å². The lowest BCUT2D eigenvalue weighted by molar-refractivity contribution is 0.103. The number of aryl methyl sites for hydroxylation is 2. The van der Waals surface area contributed by atoms with Gasteiger partial charge in [-0.3, -0.25) is 4.79 Å². The van der Waals surface area contributed by atoms with E-state index in [0.717, 1.165) is 27.2 Å². The number of rotatable bonds is 2. The molecule has 3 aromatic rings. The summed E-state index contributed by atoms with van der Waals surface area (Å²) in [6.07, 6.45) is 0. The zero-order valence-electron chi connectivity index (χ0n) is 10.8. The largest absolute Gasteiger partial charge is 0.357 e. The van der Waals surface area contributed by atoms with Crippen molar-refractivity contribution in [1.29, 1.82) is 0 Å². The maximum atomic E-state index is 12.1. The highest BCUT2D eigenvalue weighted by molar-refractivity contribution is 7.12. The third kappa shape index (κ3) is 2.04. The van der Waals surface area contributed by atoms with Crippen LogP contribution in [0.4, 0.5) is 5.69 Å². The van der Waals surface area contributed by atoms with Crippen molar-refractivity contribution in [3.63, 3.8) is 0 Å². The van der Waals surface area contributed by atoms with Crippen molar-refractivity contribution in [3.05, 3.63) is 51.8 Å². The Kier molecular flexibility index (Phi) is 2.87. The van der Waals surface area contributed by atoms with Gasteiger partial charge < -0.3 is 10.3 Å². The van der Waals surface area contributed by atoms with Gasteiger partial charge in [0.1, 0.15) is 0 Å². The summed E-state index contributed by atoms with van der Waals surface area (Å²) >= 11 is 1.44. The number of aromatic amines is 1. The van der Waals surface area contributed by atoms with Crippen LogP contribution >= 0.6 is 11.3 Å². The molecule has 0 saturated carbocycles.